The van der Waals surface area contributed by atoms with Gasteiger partial charge in [-0.1, -0.05) is 22.4 Å². The summed E-state index contributed by atoms with van der Waals surface area (Å²) < 4.78 is 15.5. The van der Waals surface area contributed by atoms with E-state index < -0.39 is 0 Å². The number of hydrogen-bond donors (Lipinski definition) is 1. The fourth-order valence-corrected chi connectivity index (χ4v) is 2.96. The van der Waals surface area contributed by atoms with E-state index in [-0.39, 0.29) is 12.5 Å². The maximum atomic E-state index is 10.2. The number of ether oxygens (including phenoxy) is 2. The van der Waals surface area contributed by atoms with Crippen molar-refractivity contribution in [2.45, 2.75) is 20.0 Å². The van der Waals surface area contributed by atoms with E-state index >= 15 is 0 Å². The van der Waals surface area contributed by atoms with Crippen LogP contribution in [0.4, 0.5) is 0 Å². The molecule has 2 heterocycles. The minimum Gasteiger partial charge on any atom is -0.508 e. The molecular formula is C19H19N3O4. The van der Waals surface area contributed by atoms with E-state index in [1.807, 2.05) is 49.2 Å². The van der Waals surface area contributed by atoms with E-state index in [1.54, 1.807) is 6.07 Å². The molecule has 26 heavy (non-hydrogen) atoms. The van der Waals surface area contributed by atoms with Crippen LogP contribution >= 0.6 is 0 Å². The van der Waals surface area contributed by atoms with Gasteiger partial charge in [-0.3, -0.25) is 4.90 Å². The van der Waals surface area contributed by atoms with Crippen molar-refractivity contribution in [2.24, 2.45) is 0 Å². The molecule has 1 aliphatic rings. The first-order chi connectivity index (χ1) is 12.6. The lowest BCUT2D eigenvalue weighted by molar-refractivity contribution is 0.174. The quantitative estimate of drug-likeness (QED) is 0.755. The lowest BCUT2D eigenvalue weighted by Gasteiger charge is -2.17. The first kappa shape index (κ1) is 16.4. The van der Waals surface area contributed by atoms with Crippen molar-refractivity contribution < 1.29 is 19.2 Å². The van der Waals surface area contributed by atoms with Gasteiger partial charge in [-0.25, -0.2) is 4.63 Å². The zero-order valence-electron chi connectivity index (χ0n) is 14.6. The zero-order valence-corrected chi connectivity index (χ0v) is 14.6. The number of fused-ring (bicyclic) bond motifs is 1. The normalized spacial score (nSPS) is 12.7. The fourth-order valence-electron chi connectivity index (χ4n) is 2.96. The van der Waals surface area contributed by atoms with Crippen LogP contribution in [0.1, 0.15) is 17.0 Å². The minimum absolute atomic E-state index is 0.251. The number of phenols is 1. The van der Waals surface area contributed by atoms with Gasteiger partial charge in [0, 0.05) is 18.7 Å². The van der Waals surface area contributed by atoms with Crippen LogP contribution in [-0.4, -0.2) is 34.2 Å². The van der Waals surface area contributed by atoms with Crippen molar-refractivity contribution in [2.75, 3.05) is 13.8 Å². The number of nitrogens with zero attached hydrogens (tertiary/aromatic N) is 3. The number of aromatic nitrogens is 2. The second kappa shape index (κ2) is 6.68. The second-order valence-electron chi connectivity index (χ2n) is 6.38. The molecule has 1 N–H and O–H groups in total. The topological polar surface area (TPSA) is 80.9 Å². The third-order valence-corrected chi connectivity index (χ3v) is 4.39. The van der Waals surface area contributed by atoms with Crippen LogP contribution in [0.25, 0.3) is 11.1 Å². The third kappa shape index (κ3) is 3.21. The Bertz CT molecular complexity index is 938. The van der Waals surface area contributed by atoms with E-state index in [1.165, 1.54) is 0 Å². The number of aromatic hydroxyl groups is 1. The van der Waals surface area contributed by atoms with Gasteiger partial charge in [-0.2, -0.15) is 0 Å². The Morgan fingerprint density at radius 2 is 1.77 bits per heavy atom. The lowest BCUT2D eigenvalue weighted by atomic mass is 10.0. The number of hydrogen-bond acceptors (Lipinski definition) is 7. The summed E-state index contributed by atoms with van der Waals surface area (Å²) in [6, 6.07) is 11.4. The zero-order chi connectivity index (χ0) is 18.1. The Kier molecular flexibility index (Phi) is 4.22. The molecule has 0 amide bonds. The van der Waals surface area contributed by atoms with Crippen LogP contribution < -0.4 is 9.47 Å². The SMILES string of the molecule is Cc1nonc1CN(C)Cc1cc(-c2ccc3c(c2)OCO3)ccc1O. The monoisotopic (exact) mass is 353 g/mol. The number of rotatable bonds is 5. The van der Waals surface area contributed by atoms with Gasteiger partial charge in [0.2, 0.25) is 6.79 Å². The highest BCUT2D eigenvalue weighted by molar-refractivity contribution is 5.69. The summed E-state index contributed by atoms with van der Waals surface area (Å²) in [7, 11) is 1.96. The number of benzene rings is 2. The van der Waals surface area contributed by atoms with Crippen molar-refractivity contribution in [3.05, 3.63) is 53.3 Å². The molecule has 2 aromatic carbocycles. The van der Waals surface area contributed by atoms with Crippen LogP contribution in [0.15, 0.2) is 41.0 Å². The highest BCUT2D eigenvalue weighted by Gasteiger charge is 2.15. The molecule has 0 radical (unpaired) electrons. The molecule has 134 valence electrons. The maximum absolute atomic E-state index is 10.2. The number of phenolic OH excluding ortho intramolecular Hbond substituents is 1. The minimum atomic E-state index is 0.251. The summed E-state index contributed by atoms with van der Waals surface area (Å²) in [5.74, 6) is 1.75. The predicted octanol–water partition coefficient (Wildman–Crippen LogP) is 3.11. The maximum Gasteiger partial charge on any atom is 0.231 e. The molecule has 3 aromatic rings. The van der Waals surface area contributed by atoms with Crippen LogP contribution in [0.3, 0.4) is 0 Å². The molecule has 0 atom stereocenters. The molecule has 0 spiro atoms. The number of aryl methyl sites for hydroxylation is 1. The second-order valence-corrected chi connectivity index (χ2v) is 6.38. The molecule has 1 aliphatic heterocycles. The van der Waals surface area contributed by atoms with E-state index in [0.29, 0.717) is 13.1 Å². The fraction of sp³-hybridized carbons (Fsp3) is 0.263. The van der Waals surface area contributed by atoms with Gasteiger partial charge in [0.25, 0.3) is 0 Å². The summed E-state index contributed by atoms with van der Waals surface area (Å²) in [6.07, 6.45) is 0. The van der Waals surface area contributed by atoms with Crippen LogP contribution in [0.5, 0.6) is 17.2 Å². The Morgan fingerprint density at radius 3 is 2.58 bits per heavy atom. The molecule has 0 unspecified atom stereocenters. The molecule has 7 heteroatoms. The highest BCUT2D eigenvalue weighted by Crippen LogP contribution is 2.36. The average molecular weight is 353 g/mol. The largest absolute Gasteiger partial charge is 0.508 e. The van der Waals surface area contributed by atoms with Crippen molar-refractivity contribution in [1.82, 2.24) is 15.2 Å². The van der Waals surface area contributed by atoms with Crippen LogP contribution in [-0.2, 0) is 13.1 Å². The average Bonchev–Trinajstić information content (AvgIpc) is 3.25. The molecule has 4 rings (SSSR count). The Hall–Kier alpha value is -3.06. The first-order valence-electron chi connectivity index (χ1n) is 8.28. The Morgan fingerprint density at radius 1 is 1.00 bits per heavy atom. The van der Waals surface area contributed by atoms with E-state index in [9.17, 15) is 5.11 Å². The lowest BCUT2D eigenvalue weighted by Crippen LogP contribution is -2.18. The van der Waals surface area contributed by atoms with Crippen molar-refractivity contribution >= 4 is 0 Å². The Balaban J connectivity index is 1.55. The summed E-state index contributed by atoms with van der Waals surface area (Å²) in [6.45, 7) is 3.26. The standard InChI is InChI=1S/C19H19N3O4/c1-12-16(21-26-20-12)10-22(2)9-15-7-13(3-5-17(15)23)14-4-6-18-19(8-14)25-11-24-18/h3-8,23H,9-11H2,1-2H3. The Labute approximate surface area is 150 Å². The van der Waals surface area contributed by atoms with E-state index in [4.69, 9.17) is 14.1 Å². The molecule has 0 fully saturated rings. The molecule has 0 saturated carbocycles. The molecular weight excluding hydrogens is 334 g/mol. The van der Waals surface area contributed by atoms with Crippen LogP contribution in [0, 0.1) is 6.92 Å². The molecule has 7 nitrogen and oxygen atoms in total. The van der Waals surface area contributed by atoms with Crippen molar-refractivity contribution in [3.8, 4) is 28.4 Å². The van der Waals surface area contributed by atoms with Crippen molar-refractivity contribution in [1.29, 1.82) is 0 Å². The van der Waals surface area contributed by atoms with E-state index in [0.717, 1.165) is 39.6 Å². The van der Waals surface area contributed by atoms with Gasteiger partial charge in [0.1, 0.15) is 17.1 Å². The smallest absolute Gasteiger partial charge is 0.231 e. The van der Waals surface area contributed by atoms with Gasteiger partial charge >= 0.3 is 0 Å². The van der Waals surface area contributed by atoms with Gasteiger partial charge in [-0.15, -0.1) is 0 Å². The summed E-state index contributed by atoms with van der Waals surface area (Å²) in [4.78, 5) is 2.05. The van der Waals surface area contributed by atoms with Gasteiger partial charge in [-0.05, 0) is 49.4 Å². The van der Waals surface area contributed by atoms with Gasteiger partial charge in [0.15, 0.2) is 11.5 Å². The van der Waals surface area contributed by atoms with Crippen LogP contribution in [0.2, 0.25) is 0 Å². The summed E-state index contributed by atoms with van der Waals surface area (Å²) in [5, 5.41) is 17.9. The molecule has 0 saturated heterocycles. The van der Waals surface area contributed by atoms with Gasteiger partial charge < -0.3 is 14.6 Å². The highest BCUT2D eigenvalue weighted by atomic mass is 16.7. The van der Waals surface area contributed by atoms with E-state index in [2.05, 4.69) is 10.3 Å². The van der Waals surface area contributed by atoms with Crippen molar-refractivity contribution in [3.63, 3.8) is 0 Å². The van der Waals surface area contributed by atoms with Gasteiger partial charge in [0.05, 0.1) is 0 Å². The molecule has 0 bridgehead atoms. The third-order valence-electron chi connectivity index (χ3n) is 4.39. The predicted molar refractivity (Wildman–Crippen MR) is 93.9 cm³/mol. The first-order valence-corrected chi connectivity index (χ1v) is 8.28. The molecule has 0 aliphatic carbocycles. The summed E-state index contributed by atoms with van der Waals surface area (Å²) in [5.41, 5.74) is 4.41. The summed E-state index contributed by atoms with van der Waals surface area (Å²) >= 11 is 0. The molecule has 1 aromatic heterocycles.